The van der Waals surface area contributed by atoms with Crippen LogP contribution in [0.25, 0.3) is 16.7 Å². The lowest BCUT2D eigenvalue weighted by Gasteiger charge is -2.07. The molecule has 0 saturated heterocycles. The Kier molecular flexibility index (Phi) is 3.43. The third kappa shape index (κ3) is 2.23. The van der Waals surface area contributed by atoms with Crippen LogP contribution < -0.4 is 0 Å². The fraction of sp³-hybridized carbons (Fsp3) is 0. The lowest BCUT2D eigenvalue weighted by molar-refractivity contribution is 1.06. The van der Waals surface area contributed by atoms with Gasteiger partial charge in [0, 0.05) is 4.47 Å². The maximum absolute atomic E-state index is 6.26. The van der Waals surface area contributed by atoms with E-state index in [1.54, 1.807) is 0 Å². The van der Waals surface area contributed by atoms with Crippen molar-refractivity contribution in [3.05, 3.63) is 55.7 Å². The van der Waals surface area contributed by atoms with Gasteiger partial charge in [-0.3, -0.25) is 4.57 Å². The van der Waals surface area contributed by atoms with Gasteiger partial charge in [-0.05, 0) is 42.5 Å². The Hall–Kier alpha value is -0.810. The van der Waals surface area contributed by atoms with E-state index in [1.165, 1.54) is 0 Å². The van der Waals surface area contributed by atoms with Crippen molar-refractivity contribution in [2.75, 3.05) is 0 Å². The molecular formula is C13H7BrCl2N2S. The van der Waals surface area contributed by atoms with Gasteiger partial charge < -0.3 is 4.98 Å². The summed E-state index contributed by atoms with van der Waals surface area (Å²) in [6.45, 7) is 0. The van der Waals surface area contributed by atoms with E-state index in [-0.39, 0.29) is 0 Å². The molecule has 6 heteroatoms. The summed E-state index contributed by atoms with van der Waals surface area (Å²) in [6.07, 6.45) is 0. The minimum Gasteiger partial charge on any atom is -0.329 e. The molecule has 0 atom stereocenters. The summed E-state index contributed by atoms with van der Waals surface area (Å²) in [4.78, 5) is 3.11. The first-order valence-electron chi connectivity index (χ1n) is 5.42. The molecule has 19 heavy (non-hydrogen) atoms. The van der Waals surface area contributed by atoms with Crippen molar-refractivity contribution in [1.82, 2.24) is 9.55 Å². The van der Waals surface area contributed by atoms with Gasteiger partial charge in [0.1, 0.15) is 0 Å². The van der Waals surface area contributed by atoms with Gasteiger partial charge in [-0.1, -0.05) is 45.2 Å². The van der Waals surface area contributed by atoms with E-state index >= 15 is 0 Å². The van der Waals surface area contributed by atoms with Crippen LogP contribution in [-0.4, -0.2) is 9.55 Å². The van der Waals surface area contributed by atoms with Crippen molar-refractivity contribution in [3.63, 3.8) is 0 Å². The van der Waals surface area contributed by atoms with Gasteiger partial charge in [0.05, 0.1) is 26.8 Å². The number of aromatic amines is 1. The predicted molar refractivity (Wildman–Crippen MR) is 86.2 cm³/mol. The van der Waals surface area contributed by atoms with Gasteiger partial charge in [0.2, 0.25) is 0 Å². The van der Waals surface area contributed by atoms with Gasteiger partial charge in [-0.25, -0.2) is 0 Å². The highest BCUT2D eigenvalue weighted by atomic mass is 79.9. The maximum Gasteiger partial charge on any atom is 0.182 e. The largest absolute Gasteiger partial charge is 0.329 e. The number of halogens is 3. The molecule has 3 rings (SSSR count). The van der Waals surface area contributed by atoms with Crippen LogP contribution in [0.15, 0.2) is 40.9 Å². The monoisotopic (exact) mass is 372 g/mol. The highest BCUT2D eigenvalue weighted by Gasteiger charge is 2.11. The number of para-hydroxylation sites is 1. The van der Waals surface area contributed by atoms with E-state index in [0.717, 1.165) is 21.2 Å². The number of nitrogens with one attached hydrogen (secondary N) is 1. The lowest BCUT2D eigenvalue weighted by Crippen LogP contribution is -1.95. The number of imidazole rings is 1. The molecule has 96 valence electrons. The second-order valence-corrected chi connectivity index (χ2v) is 6.11. The van der Waals surface area contributed by atoms with Crippen molar-refractivity contribution >= 4 is 62.4 Å². The highest BCUT2D eigenvalue weighted by molar-refractivity contribution is 9.10. The van der Waals surface area contributed by atoms with E-state index in [1.807, 2.05) is 41.0 Å². The fourth-order valence-corrected chi connectivity index (χ4v) is 3.06. The zero-order chi connectivity index (χ0) is 13.6. The number of hydrogen-bond donors (Lipinski definition) is 1. The molecule has 2 aromatic carbocycles. The van der Waals surface area contributed by atoms with Crippen LogP contribution in [0.2, 0.25) is 10.0 Å². The first kappa shape index (κ1) is 13.2. The molecule has 0 aliphatic rings. The van der Waals surface area contributed by atoms with E-state index in [9.17, 15) is 0 Å². The Morgan fingerprint density at radius 2 is 1.89 bits per heavy atom. The fourth-order valence-electron chi connectivity index (χ4n) is 1.99. The van der Waals surface area contributed by atoms with Crippen LogP contribution in [0.3, 0.4) is 0 Å². The predicted octanol–water partition coefficient (Wildman–Crippen LogP) is 5.76. The molecule has 1 aromatic heterocycles. The van der Waals surface area contributed by atoms with Crippen LogP contribution in [0, 0.1) is 4.77 Å². The zero-order valence-electron chi connectivity index (χ0n) is 9.45. The standard InChI is InChI=1S/C13H7BrCl2N2S/c14-7-4-5-8(15)11(6-7)18-10-3-1-2-9(16)12(10)17-13(18)19/h1-6H,(H,17,19). The third-order valence-electron chi connectivity index (χ3n) is 2.82. The zero-order valence-corrected chi connectivity index (χ0v) is 13.4. The Morgan fingerprint density at radius 1 is 1.11 bits per heavy atom. The molecule has 0 radical (unpaired) electrons. The molecule has 0 fully saturated rings. The topological polar surface area (TPSA) is 20.7 Å². The third-order valence-corrected chi connectivity index (χ3v) is 4.23. The summed E-state index contributed by atoms with van der Waals surface area (Å²) in [5.74, 6) is 0. The Bertz CT molecular complexity index is 838. The second kappa shape index (κ2) is 4.94. The number of hydrogen-bond acceptors (Lipinski definition) is 1. The molecule has 0 aliphatic carbocycles. The Balaban J connectivity index is 2.43. The van der Waals surface area contributed by atoms with Crippen molar-refractivity contribution in [2.24, 2.45) is 0 Å². The van der Waals surface area contributed by atoms with Crippen molar-refractivity contribution in [3.8, 4) is 5.69 Å². The van der Waals surface area contributed by atoms with Gasteiger partial charge >= 0.3 is 0 Å². The first-order valence-corrected chi connectivity index (χ1v) is 7.38. The lowest BCUT2D eigenvalue weighted by atomic mass is 10.3. The summed E-state index contributed by atoms with van der Waals surface area (Å²) in [5.41, 5.74) is 2.53. The van der Waals surface area contributed by atoms with Crippen molar-refractivity contribution in [2.45, 2.75) is 0 Å². The molecule has 0 bridgehead atoms. The smallest absolute Gasteiger partial charge is 0.182 e. The number of aromatic nitrogens is 2. The number of benzene rings is 2. The number of fused-ring (bicyclic) bond motifs is 1. The van der Waals surface area contributed by atoms with E-state index in [4.69, 9.17) is 35.4 Å². The summed E-state index contributed by atoms with van der Waals surface area (Å²) in [5, 5.41) is 1.26. The molecule has 1 N–H and O–H groups in total. The normalized spacial score (nSPS) is 11.1. The quantitative estimate of drug-likeness (QED) is 0.538. The van der Waals surface area contributed by atoms with E-state index < -0.39 is 0 Å². The SMILES string of the molecule is S=c1[nH]c2c(Cl)cccc2n1-c1cc(Br)ccc1Cl. The second-order valence-electron chi connectivity index (χ2n) is 4.00. The molecule has 2 nitrogen and oxygen atoms in total. The average Bonchev–Trinajstić information content (AvgIpc) is 2.70. The Morgan fingerprint density at radius 3 is 2.68 bits per heavy atom. The van der Waals surface area contributed by atoms with E-state index in [2.05, 4.69) is 20.9 Å². The van der Waals surface area contributed by atoms with Gasteiger partial charge in [-0.15, -0.1) is 0 Å². The number of nitrogens with zero attached hydrogens (tertiary/aromatic N) is 1. The van der Waals surface area contributed by atoms with Crippen LogP contribution in [0.4, 0.5) is 0 Å². The number of rotatable bonds is 1. The minimum absolute atomic E-state index is 0.558. The van der Waals surface area contributed by atoms with Crippen LogP contribution in [-0.2, 0) is 0 Å². The molecule has 0 unspecified atom stereocenters. The molecule has 0 amide bonds. The van der Waals surface area contributed by atoms with E-state index in [0.29, 0.717) is 14.8 Å². The van der Waals surface area contributed by atoms with Crippen molar-refractivity contribution in [1.29, 1.82) is 0 Å². The summed E-state index contributed by atoms with van der Waals surface area (Å²) in [6, 6.07) is 11.3. The van der Waals surface area contributed by atoms with Crippen LogP contribution in [0.5, 0.6) is 0 Å². The molecule has 0 saturated carbocycles. The van der Waals surface area contributed by atoms with Crippen molar-refractivity contribution < 1.29 is 0 Å². The summed E-state index contributed by atoms with van der Waals surface area (Å²) >= 11 is 21.2. The summed E-state index contributed by atoms with van der Waals surface area (Å²) in [7, 11) is 0. The van der Waals surface area contributed by atoms with Crippen LogP contribution in [0.1, 0.15) is 0 Å². The minimum atomic E-state index is 0.558. The van der Waals surface area contributed by atoms with Gasteiger partial charge in [-0.2, -0.15) is 0 Å². The number of H-pyrrole nitrogens is 1. The molecular weight excluding hydrogens is 367 g/mol. The maximum atomic E-state index is 6.26. The van der Waals surface area contributed by atoms with Crippen LogP contribution >= 0.6 is 51.3 Å². The molecule has 3 aromatic rings. The average molecular weight is 374 g/mol. The highest BCUT2D eigenvalue weighted by Crippen LogP contribution is 2.30. The molecule has 1 heterocycles. The molecule has 0 aliphatic heterocycles. The Labute approximate surface area is 133 Å². The van der Waals surface area contributed by atoms with Gasteiger partial charge in [0.15, 0.2) is 4.77 Å². The summed E-state index contributed by atoms with van der Waals surface area (Å²) < 4.78 is 3.37. The first-order chi connectivity index (χ1) is 9.08. The van der Waals surface area contributed by atoms with Gasteiger partial charge in [0.25, 0.3) is 0 Å². The molecule has 0 spiro atoms.